The van der Waals surface area contributed by atoms with Gasteiger partial charge in [-0.15, -0.1) is 0 Å². The summed E-state index contributed by atoms with van der Waals surface area (Å²) in [4.78, 5) is 38.4. The molecule has 30 heavy (non-hydrogen) atoms. The van der Waals surface area contributed by atoms with Gasteiger partial charge in [0.2, 0.25) is 5.91 Å². The Hall–Kier alpha value is -3.33. The maximum absolute atomic E-state index is 13.0. The Morgan fingerprint density at radius 1 is 1.17 bits per heavy atom. The van der Waals surface area contributed by atoms with Gasteiger partial charge in [-0.2, -0.15) is 0 Å². The first-order valence-corrected chi connectivity index (χ1v) is 9.69. The molecule has 1 saturated heterocycles. The van der Waals surface area contributed by atoms with Crippen LogP contribution in [0.15, 0.2) is 54.6 Å². The van der Waals surface area contributed by atoms with Crippen molar-refractivity contribution in [3.05, 3.63) is 71.5 Å². The molecule has 0 radical (unpaired) electrons. The Morgan fingerprint density at radius 3 is 2.57 bits per heavy atom. The molecule has 0 bridgehead atoms. The van der Waals surface area contributed by atoms with Crippen molar-refractivity contribution in [2.45, 2.75) is 19.1 Å². The lowest BCUT2D eigenvalue weighted by atomic mass is 10.1. The largest absolute Gasteiger partial charge is 0.461 e. The van der Waals surface area contributed by atoms with Crippen molar-refractivity contribution in [2.24, 2.45) is 0 Å². The van der Waals surface area contributed by atoms with E-state index in [0.29, 0.717) is 13.1 Å². The predicted molar refractivity (Wildman–Crippen MR) is 111 cm³/mol. The van der Waals surface area contributed by atoms with E-state index in [9.17, 15) is 18.8 Å². The molecule has 3 rings (SSSR count). The molecule has 9 heteroatoms. The number of nitrogens with zero attached hydrogens (tertiary/aromatic N) is 1. The summed E-state index contributed by atoms with van der Waals surface area (Å²) in [7, 11) is 0. The highest BCUT2D eigenvalue weighted by atomic mass is 32.1. The van der Waals surface area contributed by atoms with Crippen molar-refractivity contribution in [1.29, 1.82) is 0 Å². The van der Waals surface area contributed by atoms with Crippen molar-refractivity contribution in [1.82, 2.24) is 15.5 Å². The van der Waals surface area contributed by atoms with Crippen LogP contribution in [0.25, 0.3) is 0 Å². The number of benzene rings is 2. The fourth-order valence-electron chi connectivity index (χ4n) is 2.96. The van der Waals surface area contributed by atoms with Gasteiger partial charge in [-0.25, -0.2) is 4.39 Å². The molecule has 1 aliphatic heterocycles. The van der Waals surface area contributed by atoms with E-state index >= 15 is 0 Å². The second kappa shape index (κ2) is 9.93. The van der Waals surface area contributed by atoms with Gasteiger partial charge in [-0.3, -0.25) is 19.7 Å². The third kappa shape index (κ3) is 5.60. The molecule has 2 aromatic rings. The van der Waals surface area contributed by atoms with Crippen LogP contribution in [0.1, 0.15) is 22.3 Å². The smallest absolute Gasteiger partial charge is 0.308 e. The van der Waals surface area contributed by atoms with Crippen molar-refractivity contribution in [2.75, 3.05) is 13.1 Å². The minimum atomic E-state index is -0.900. The number of nitrogens with one attached hydrogen (secondary N) is 2. The number of hydrogen-bond donors (Lipinski definition) is 2. The monoisotopic (exact) mass is 429 g/mol. The van der Waals surface area contributed by atoms with Gasteiger partial charge in [0.1, 0.15) is 18.5 Å². The second-order valence-corrected chi connectivity index (χ2v) is 7.00. The van der Waals surface area contributed by atoms with Gasteiger partial charge in [0.15, 0.2) is 5.11 Å². The van der Waals surface area contributed by atoms with Gasteiger partial charge in [0.25, 0.3) is 5.91 Å². The first kappa shape index (κ1) is 21.4. The molecule has 0 aliphatic carbocycles. The van der Waals surface area contributed by atoms with Crippen LogP contribution in [0.2, 0.25) is 0 Å². The van der Waals surface area contributed by atoms with Crippen LogP contribution in [-0.4, -0.2) is 46.9 Å². The van der Waals surface area contributed by atoms with E-state index in [1.807, 2.05) is 30.3 Å². The third-order valence-corrected chi connectivity index (χ3v) is 4.86. The number of esters is 1. The van der Waals surface area contributed by atoms with Gasteiger partial charge < -0.3 is 15.0 Å². The fourth-order valence-corrected chi connectivity index (χ4v) is 3.27. The number of hydrogen-bond acceptors (Lipinski definition) is 5. The van der Waals surface area contributed by atoms with E-state index in [0.717, 1.165) is 17.7 Å². The number of carbonyl (C=O) groups is 3. The number of thiocarbonyl (C=S) groups is 1. The molecule has 2 aromatic carbocycles. The first-order chi connectivity index (χ1) is 14.4. The first-order valence-electron chi connectivity index (χ1n) is 9.29. The zero-order valence-electron chi connectivity index (χ0n) is 16.0. The molecule has 2 amide bonds. The lowest BCUT2D eigenvalue weighted by molar-refractivity contribution is -0.148. The van der Waals surface area contributed by atoms with E-state index in [2.05, 4.69) is 10.6 Å². The molecular weight excluding hydrogens is 409 g/mol. The molecule has 7 nitrogen and oxygen atoms in total. The van der Waals surface area contributed by atoms with E-state index in [1.165, 1.54) is 17.0 Å². The van der Waals surface area contributed by atoms with E-state index < -0.39 is 23.7 Å². The van der Waals surface area contributed by atoms with E-state index in [1.54, 1.807) is 0 Å². The zero-order valence-corrected chi connectivity index (χ0v) is 16.8. The summed E-state index contributed by atoms with van der Waals surface area (Å²) in [6.07, 6.45) is -0.217. The van der Waals surface area contributed by atoms with Gasteiger partial charge in [-0.05, 0) is 42.0 Å². The number of carbonyl (C=O) groups excluding carboxylic acids is 3. The summed E-state index contributed by atoms with van der Waals surface area (Å²) in [5, 5.41) is 5.23. The molecule has 1 aliphatic rings. The highest BCUT2D eigenvalue weighted by Crippen LogP contribution is 2.12. The van der Waals surface area contributed by atoms with Gasteiger partial charge in [0, 0.05) is 18.7 Å². The fraction of sp³-hybridized carbons (Fsp3) is 0.238. The van der Waals surface area contributed by atoms with Crippen molar-refractivity contribution in [3.63, 3.8) is 0 Å². The van der Waals surface area contributed by atoms with Crippen LogP contribution in [0.5, 0.6) is 0 Å². The lowest BCUT2D eigenvalue weighted by Crippen LogP contribution is -2.60. The minimum Gasteiger partial charge on any atom is -0.461 e. The van der Waals surface area contributed by atoms with Gasteiger partial charge in [-0.1, -0.05) is 30.3 Å². The zero-order chi connectivity index (χ0) is 21.5. The summed E-state index contributed by atoms with van der Waals surface area (Å²) in [6.45, 7) is 0.742. The van der Waals surface area contributed by atoms with Crippen molar-refractivity contribution >= 4 is 35.1 Å². The number of halogens is 1. The third-order valence-electron chi connectivity index (χ3n) is 4.52. The number of amides is 2. The lowest BCUT2D eigenvalue weighted by Gasteiger charge is -2.36. The predicted octanol–water partition coefficient (Wildman–Crippen LogP) is 1.77. The Balaban J connectivity index is 1.61. The molecule has 1 atom stereocenters. The van der Waals surface area contributed by atoms with Crippen LogP contribution >= 0.6 is 12.2 Å². The number of piperazine rings is 1. The Morgan fingerprint density at radius 2 is 1.87 bits per heavy atom. The quantitative estimate of drug-likeness (QED) is 0.557. The van der Waals surface area contributed by atoms with Crippen LogP contribution in [0.3, 0.4) is 0 Å². The maximum Gasteiger partial charge on any atom is 0.308 e. The van der Waals surface area contributed by atoms with Crippen LogP contribution in [-0.2, 0) is 20.9 Å². The Kier molecular flexibility index (Phi) is 7.08. The summed E-state index contributed by atoms with van der Waals surface area (Å²) < 4.78 is 18.3. The highest BCUT2D eigenvalue weighted by Gasteiger charge is 2.34. The van der Waals surface area contributed by atoms with Crippen LogP contribution < -0.4 is 10.6 Å². The number of rotatable bonds is 5. The Labute approximate surface area is 178 Å². The molecule has 1 unspecified atom stereocenters. The average Bonchev–Trinajstić information content (AvgIpc) is 2.74. The van der Waals surface area contributed by atoms with E-state index in [-0.39, 0.29) is 29.6 Å². The summed E-state index contributed by atoms with van der Waals surface area (Å²) in [5.74, 6) is -1.93. The number of ether oxygens (including phenoxy) is 1. The van der Waals surface area contributed by atoms with Crippen molar-refractivity contribution in [3.8, 4) is 0 Å². The summed E-state index contributed by atoms with van der Waals surface area (Å²) in [5.41, 5.74) is 1.05. The molecule has 156 valence electrons. The molecule has 0 aromatic heterocycles. The maximum atomic E-state index is 13.0. The normalized spacial score (nSPS) is 15.8. The minimum absolute atomic E-state index is 0.0139. The second-order valence-electron chi connectivity index (χ2n) is 6.62. The Bertz CT molecular complexity index is 937. The standard InChI is InChI=1S/C21H20FN3O4S/c22-16-8-6-15(7-9-16)19(27)24-21(30)25-11-10-23-20(28)17(25)12-18(26)29-13-14-4-2-1-3-5-14/h1-9,17H,10-13H2,(H,23,28)(H,24,27,30). The van der Waals surface area contributed by atoms with Gasteiger partial charge >= 0.3 is 5.97 Å². The molecule has 0 spiro atoms. The van der Waals surface area contributed by atoms with Gasteiger partial charge in [0.05, 0.1) is 6.42 Å². The highest BCUT2D eigenvalue weighted by molar-refractivity contribution is 7.80. The topological polar surface area (TPSA) is 87.7 Å². The average molecular weight is 429 g/mol. The summed E-state index contributed by atoms with van der Waals surface area (Å²) in [6, 6.07) is 13.3. The molecule has 1 fully saturated rings. The van der Waals surface area contributed by atoms with E-state index in [4.69, 9.17) is 17.0 Å². The van der Waals surface area contributed by atoms with Crippen LogP contribution in [0, 0.1) is 5.82 Å². The molecule has 2 N–H and O–H groups in total. The molecule has 1 heterocycles. The SMILES string of the molecule is O=C(CC1C(=O)NCCN1C(=S)NC(=O)c1ccc(F)cc1)OCc1ccccc1. The summed E-state index contributed by atoms with van der Waals surface area (Å²) >= 11 is 5.29. The van der Waals surface area contributed by atoms with Crippen LogP contribution in [0.4, 0.5) is 4.39 Å². The molecule has 0 saturated carbocycles. The van der Waals surface area contributed by atoms with Crippen molar-refractivity contribution < 1.29 is 23.5 Å². The molecular formula is C21H20FN3O4S.